The molecule has 1 rings (SSSR count). The Bertz CT molecular complexity index is 410. The zero-order valence-electron chi connectivity index (χ0n) is 8.76. The second kappa shape index (κ2) is 5.51. The molecule has 0 radical (unpaired) electrons. The highest BCUT2D eigenvalue weighted by Gasteiger charge is 2.18. The van der Waals surface area contributed by atoms with Crippen molar-refractivity contribution in [3.05, 3.63) is 26.6 Å². The SMILES string of the molecule is COC(=O)Cc1cc(C)c(I)nc1C(F)F. The maximum absolute atomic E-state index is 12.7. The third-order valence-corrected chi connectivity index (χ3v) is 3.12. The number of ether oxygens (including phenoxy) is 1. The molecule has 0 saturated carbocycles. The van der Waals surface area contributed by atoms with Gasteiger partial charge in [0.25, 0.3) is 6.43 Å². The zero-order chi connectivity index (χ0) is 12.3. The van der Waals surface area contributed by atoms with E-state index in [1.54, 1.807) is 13.0 Å². The van der Waals surface area contributed by atoms with Gasteiger partial charge in [-0.3, -0.25) is 4.79 Å². The molecule has 16 heavy (non-hydrogen) atoms. The van der Waals surface area contributed by atoms with Crippen LogP contribution in [0.4, 0.5) is 8.78 Å². The second-order valence-corrected chi connectivity index (χ2v) is 4.22. The van der Waals surface area contributed by atoms with Crippen molar-refractivity contribution in [3.8, 4) is 0 Å². The van der Waals surface area contributed by atoms with Gasteiger partial charge in [0.15, 0.2) is 0 Å². The summed E-state index contributed by atoms with van der Waals surface area (Å²) in [5, 5.41) is 0. The predicted octanol–water partition coefficient (Wildman–Crippen LogP) is 2.65. The first-order valence-corrected chi connectivity index (χ1v) is 5.54. The second-order valence-electron chi connectivity index (χ2n) is 3.19. The Morgan fingerprint density at radius 2 is 2.25 bits per heavy atom. The number of halogens is 3. The number of nitrogens with zero attached hydrogens (tertiary/aromatic N) is 1. The molecule has 0 aliphatic heterocycles. The van der Waals surface area contributed by atoms with E-state index in [2.05, 4.69) is 9.72 Å². The molecule has 0 atom stereocenters. The Morgan fingerprint density at radius 3 is 2.75 bits per heavy atom. The largest absolute Gasteiger partial charge is 0.469 e. The van der Waals surface area contributed by atoms with Crippen LogP contribution in [-0.4, -0.2) is 18.1 Å². The first kappa shape index (κ1) is 13.3. The number of rotatable bonds is 3. The maximum Gasteiger partial charge on any atom is 0.310 e. The van der Waals surface area contributed by atoms with Crippen LogP contribution in [0.25, 0.3) is 0 Å². The molecule has 0 saturated heterocycles. The minimum absolute atomic E-state index is 0.180. The van der Waals surface area contributed by atoms with Crippen LogP contribution in [0, 0.1) is 10.6 Å². The fourth-order valence-corrected chi connectivity index (χ4v) is 1.63. The molecule has 0 aromatic carbocycles. The maximum atomic E-state index is 12.7. The normalized spacial score (nSPS) is 10.6. The van der Waals surface area contributed by atoms with Crippen molar-refractivity contribution in [1.82, 2.24) is 4.98 Å². The molecule has 1 aromatic rings. The molecular formula is C10H10F2INO2. The van der Waals surface area contributed by atoms with Gasteiger partial charge in [-0.05, 0) is 40.6 Å². The summed E-state index contributed by atoms with van der Waals surface area (Å²) in [7, 11) is 1.22. The molecule has 0 amide bonds. The van der Waals surface area contributed by atoms with E-state index < -0.39 is 12.4 Å². The highest BCUT2D eigenvalue weighted by molar-refractivity contribution is 14.1. The lowest BCUT2D eigenvalue weighted by molar-refractivity contribution is -0.139. The summed E-state index contributed by atoms with van der Waals surface area (Å²) < 4.78 is 30.3. The monoisotopic (exact) mass is 341 g/mol. The summed E-state index contributed by atoms with van der Waals surface area (Å²) in [5.74, 6) is -0.552. The molecule has 6 heteroatoms. The number of hydrogen-bond acceptors (Lipinski definition) is 3. The van der Waals surface area contributed by atoms with Crippen LogP contribution in [0.2, 0.25) is 0 Å². The lowest BCUT2D eigenvalue weighted by Crippen LogP contribution is -2.10. The van der Waals surface area contributed by atoms with Gasteiger partial charge in [-0.25, -0.2) is 13.8 Å². The Balaban J connectivity index is 3.14. The van der Waals surface area contributed by atoms with Crippen molar-refractivity contribution in [1.29, 1.82) is 0 Å². The number of pyridine rings is 1. The first-order chi connectivity index (χ1) is 7.45. The van der Waals surface area contributed by atoms with E-state index in [1.807, 2.05) is 22.6 Å². The van der Waals surface area contributed by atoms with Crippen molar-refractivity contribution >= 4 is 28.6 Å². The lowest BCUT2D eigenvalue weighted by Gasteiger charge is -2.09. The van der Waals surface area contributed by atoms with Crippen LogP contribution < -0.4 is 0 Å². The lowest BCUT2D eigenvalue weighted by atomic mass is 10.1. The number of hydrogen-bond donors (Lipinski definition) is 0. The Morgan fingerprint density at radius 1 is 1.62 bits per heavy atom. The van der Waals surface area contributed by atoms with Gasteiger partial charge in [0, 0.05) is 0 Å². The van der Waals surface area contributed by atoms with Crippen molar-refractivity contribution in [2.45, 2.75) is 19.8 Å². The average molecular weight is 341 g/mol. The Labute approximate surface area is 105 Å². The van der Waals surface area contributed by atoms with Gasteiger partial charge in [0.2, 0.25) is 0 Å². The van der Waals surface area contributed by atoms with Crippen LogP contribution >= 0.6 is 22.6 Å². The standard InChI is InChI=1S/C10H10F2INO2/c1-5-3-6(4-7(15)16-2)8(9(11)12)14-10(5)13/h3,9H,4H2,1-2H3. The number of methoxy groups -OCH3 is 1. The average Bonchev–Trinajstić information content (AvgIpc) is 2.22. The van der Waals surface area contributed by atoms with E-state index in [4.69, 9.17) is 0 Å². The number of esters is 1. The van der Waals surface area contributed by atoms with Gasteiger partial charge < -0.3 is 4.74 Å². The number of alkyl halides is 2. The van der Waals surface area contributed by atoms with Gasteiger partial charge >= 0.3 is 5.97 Å². The molecule has 88 valence electrons. The number of carbonyl (C=O) groups excluding carboxylic acids is 1. The number of aryl methyl sites for hydroxylation is 1. The van der Waals surface area contributed by atoms with Gasteiger partial charge in [-0.15, -0.1) is 0 Å². The third-order valence-electron chi connectivity index (χ3n) is 2.03. The van der Waals surface area contributed by atoms with E-state index in [1.165, 1.54) is 7.11 Å². The molecule has 0 spiro atoms. The minimum Gasteiger partial charge on any atom is -0.469 e. The fraction of sp³-hybridized carbons (Fsp3) is 0.400. The quantitative estimate of drug-likeness (QED) is 0.482. The van der Waals surface area contributed by atoms with Crippen LogP contribution in [0.5, 0.6) is 0 Å². The Kier molecular flexibility index (Phi) is 4.57. The van der Waals surface area contributed by atoms with Crippen molar-refractivity contribution in [3.63, 3.8) is 0 Å². The molecule has 0 aliphatic rings. The summed E-state index contributed by atoms with van der Waals surface area (Å²) in [6.07, 6.45) is -2.87. The van der Waals surface area contributed by atoms with Gasteiger partial charge in [-0.2, -0.15) is 0 Å². The van der Waals surface area contributed by atoms with E-state index in [0.29, 0.717) is 3.70 Å². The van der Waals surface area contributed by atoms with Crippen LogP contribution in [0.3, 0.4) is 0 Å². The molecule has 1 heterocycles. The van der Waals surface area contributed by atoms with E-state index in [9.17, 15) is 13.6 Å². The zero-order valence-corrected chi connectivity index (χ0v) is 10.9. The smallest absolute Gasteiger partial charge is 0.310 e. The van der Waals surface area contributed by atoms with Gasteiger partial charge in [0.1, 0.15) is 9.39 Å². The molecule has 0 aliphatic carbocycles. The summed E-state index contributed by atoms with van der Waals surface area (Å²) in [4.78, 5) is 14.8. The van der Waals surface area contributed by atoms with Crippen molar-refractivity contribution < 1.29 is 18.3 Å². The minimum atomic E-state index is -2.69. The summed E-state index contributed by atoms with van der Waals surface area (Å²) in [5.41, 5.74) is 0.643. The fourth-order valence-electron chi connectivity index (χ4n) is 1.22. The first-order valence-electron chi connectivity index (χ1n) is 4.46. The molecule has 0 N–H and O–H groups in total. The van der Waals surface area contributed by atoms with E-state index in [0.717, 1.165) is 5.56 Å². The van der Waals surface area contributed by atoms with Crippen LogP contribution in [0.1, 0.15) is 23.2 Å². The highest BCUT2D eigenvalue weighted by Crippen LogP contribution is 2.24. The molecule has 1 aromatic heterocycles. The van der Waals surface area contributed by atoms with Crippen LogP contribution in [0.15, 0.2) is 6.07 Å². The van der Waals surface area contributed by atoms with E-state index >= 15 is 0 Å². The van der Waals surface area contributed by atoms with Crippen LogP contribution in [-0.2, 0) is 16.0 Å². The van der Waals surface area contributed by atoms with Gasteiger partial charge in [-0.1, -0.05) is 6.07 Å². The van der Waals surface area contributed by atoms with Gasteiger partial charge in [0.05, 0.1) is 13.5 Å². The molecule has 0 unspecified atom stereocenters. The third kappa shape index (κ3) is 3.10. The molecular weight excluding hydrogens is 331 g/mol. The summed E-state index contributed by atoms with van der Waals surface area (Å²) in [6, 6.07) is 1.55. The Hall–Kier alpha value is -0.790. The molecule has 3 nitrogen and oxygen atoms in total. The molecule has 0 bridgehead atoms. The number of carbonyl (C=O) groups is 1. The predicted molar refractivity (Wildman–Crippen MR) is 62.4 cm³/mol. The summed E-state index contributed by atoms with van der Waals surface area (Å²) in [6.45, 7) is 1.75. The summed E-state index contributed by atoms with van der Waals surface area (Å²) >= 11 is 1.88. The topological polar surface area (TPSA) is 39.2 Å². The van der Waals surface area contributed by atoms with Crippen molar-refractivity contribution in [2.24, 2.45) is 0 Å². The molecule has 0 fully saturated rings. The van der Waals surface area contributed by atoms with Crippen molar-refractivity contribution in [2.75, 3.05) is 7.11 Å². The number of aromatic nitrogens is 1. The highest BCUT2D eigenvalue weighted by atomic mass is 127. The van der Waals surface area contributed by atoms with E-state index in [-0.39, 0.29) is 17.7 Å².